The lowest BCUT2D eigenvalue weighted by Gasteiger charge is -2.24. The van der Waals surface area contributed by atoms with Crippen LogP contribution >= 0.6 is 0 Å². The van der Waals surface area contributed by atoms with E-state index < -0.39 is 24.1 Å². The molecule has 2 N–H and O–H groups in total. The SMILES string of the molecule is Cc1ccccc1O[C@@H](C(=O)O)[C@@H](Oc1ccccc1C)C(=O)O. The fourth-order valence-electron chi connectivity index (χ4n) is 2.13. The Morgan fingerprint density at radius 2 is 1.08 bits per heavy atom. The van der Waals surface area contributed by atoms with Crippen molar-refractivity contribution in [3.63, 3.8) is 0 Å². The molecule has 0 aliphatic rings. The van der Waals surface area contributed by atoms with E-state index in [-0.39, 0.29) is 0 Å². The third-order valence-corrected chi connectivity index (χ3v) is 3.46. The lowest BCUT2D eigenvalue weighted by Crippen LogP contribution is -2.47. The van der Waals surface area contributed by atoms with Gasteiger partial charge < -0.3 is 19.7 Å². The summed E-state index contributed by atoms with van der Waals surface area (Å²) in [5.74, 6) is -2.24. The molecule has 0 spiro atoms. The molecule has 126 valence electrons. The molecule has 0 radical (unpaired) electrons. The van der Waals surface area contributed by atoms with Gasteiger partial charge in [-0.2, -0.15) is 0 Å². The number of para-hydroxylation sites is 2. The molecule has 0 saturated heterocycles. The highest BCUT2D eigenvalue weighted by Gasteiger charge is 2.38. The predicted molar refractivity (Wildman–Crippen MR) is 86.5 cm³/mol. The summed E-state index contributed by atoms with van der Waals surface area (Å²) in [5.41, 5.74) is 1.40. The summed E-state index contributed by atoms with van der Waals surface area (Å²) >= 11 is 0. The maximum absolute atomic E-state index is 11.6. The normalized spacial score (nSPS) is 12.9. The monoisotopic (exact) mass is 330 g/mol. The van der Waals surface area contributed by atoms with E-state index in [9.17, 15) is 19.8 Å². The maximum atomic E-state index is 11.6. The number of carboxylic acids is 2. The Balaban J connectivity index is 2.31. The topological polar surface area (TPSA) is 93.1 Å². The first kappa shape index (κ1) is 17.3. The highest BCUT2D eigenvalue weighted by molar-refractivity contribution is 5.84. The van der Waals surface area contributed by atoms with Gasteiger partial charge in [0.2, 0.25) is 12.2 Å². The van der Waals surface area contributed by atoms with Crippen LogP contribution in [0.25, 0.3) is 0 Å². The van der Waals surface area contributed by atoms with Crippen LogP contribution in [0.3, 0.4) is 0 Å². The van der Waals surface area contributed by atoms with Crippen molar-refractivity contribution in [1.82, 2.24) is 0 Å². The van der Waals surface area contributed by atoms with Gasteiger partial charge in [-0.15, -0.1) is 0 Å². The number of aryl methyl sites for hydroxylation is 2. The molecule has 0 aliphatic carbocycles. The second kappa shape index (κ2) is 7.50. The van der Waals surface area contributed by atoms with E-state index in [0.29, 0.717) is 22.6 Å². The average Bonchev–Trinajstić information content (AvgIpc) is 2.53. The standard InChI is InChI=1S/C18H18O6/c1-11-7-3-5-9-13(11)23-15(17(19)20)16(18(21)22)24-14-10-6-4-8-12(14)2/h3-10,15-16H,1-2H3,(H,19,20)(H,21,22)/t15-,16-/m1/s1. The number of aliphatic carboxylic acids is 2. The van der Waals surface area contributed by atoms with Crippen LogP contribution in [0, 0.1) is 13.8 Å². The number of ether oxygens (including phenoxy) is 2. The zero-order valence-electron chi connectivity index (χ0n) is 13.3. The zero-order valence-corrected chi connectivity index (χ0v) is 13.3. The lowest BCUT2D eigenvalue weighted by atomic mass is 10.1. The van der Waals surface area contributed by atoms with Crippen molar-refractivity contribution in [3.8, 4) is 11.5 Å². The third kappa shape index (κ3) is 4.04. The van der Waals surface area contributed by atoms with E-state index in [0.717, 1.165) is 0 Å². The molecular weight excluding hydrogens is 312 g/mol. The lowest BCUT2D eigenvalue weighted by molar-refractivity contribution is -0.161. The van der Waals surface area contributed by atoms with E-state index in [1.54, 1.807) is 62.4 Å². The predicted octanol–water partition coefficient (Wildman–Crippen LogP) is 2.67. The van der Waals surface area contributed by atoms with Crippen molar-refractivity contribution < 1.29 is 29.3 Å². The van der Waals surface area contributed by atoms with Gasteiger partial charge in [-0.25, -0.2) is 9.59 Å². The van der Waals surface area contributed by atoms with Gasteiger partial charge in [0.1, 0.15) is 11.5 Å². The molecule has 6 nitrogen and oxygen atoms in total. The molecule has 0 saturated carbocycles. The Labute approximate surface area is 139 Å². The Hall–Kier alpha value is -3.02. The van der Waals surface area contributed by atoms with Gasteiger partial charge in [0.05, 0.1) is 0 Å². The molecule has 6 heteroatoms. The Kier molecular flexibility index (Phi) is 5.42. The molecule has 0 amide bonds. The highest BCUT2D eigenvalue weighted by atomic mass is 16.6. The van der Waals surface area contributed by atoms with Crippen molar-refractivity contribution >= 4 is 11.9 Å². The van der Waals surface area contributed by atoms with Crippen LogP contribution in [0.15, 0.2) is 48.5 Å². The van der Waals surface area contributed by atoms with Crippen LogP contribution < -0.4 is 9.47 Å². The van der Waals surface area contributed by atoms with Crippen molar-refractivity contribution in [2.45, 2.75) is 26.1 Å². The highest BCUT2D eigenvalue weighted by Crippen LogP contribution is 2.23. The molecule has 2 rings (SSSR count). The van der Waals surface area contributed by atoms with Crippen LogP contribution in [0.1, 0.15) is 11.1 Å². The number of hydrogen-bond acceptors (Lipinski definition) is 4. The van der Waals surface area contributed by atoms with Gasteiger partial charge in [0.25, 0.3) is 0 Å². The van der Waals surface area contributed by atoms with Crippen LogP contribution in [0.4, 0.5) is 0 Å². The van der Waals surface area contributed by atoms with Gasteiger partial charge in [0.15, 0.2) is 0 Å². The first-order valence-corrected chi connectivity index (χ1v) is 7.30. The summed E-state index contributed by atoms with van der Waals surface area (Å²) in [5, 5.41) is 18.8. The molecule has 0 unspecified atom stereocenters. The number of rotatable bonds is 7. The van der Waals surface area contributed by atoms with Crippen LogP contribution in [-0.4, -0.2) is 34.4 Å². The van der Waals surface area contributed by atoms with Crippen LogP contribution in [0.5, 0.6) is 11.5 Å². The third-order valence-electron chi connectivity index (χ3n) is 3.46. The van der Waals surface area contributed by atoms with Crippen molar-refractivity contribution in [2.24, 2.45) is 0 Å². The fourth-order valence-corrected chi connectivity index (χ4v) is 2.13. The second-order valence-electron chi connectivity index (χ2n) is 5.28. The quantitative estimate of drug-likeness (QED) is 0.811. The molecule has 0 heterocycles. The van der Waals surface area contributed by atoms with Crippen molar-refractivity contribution in [1.29, 1.82) is 0 Å². The van der Waals surface area contributed by atoms with E-state index in [4.69, 9.17) is 9.47 Å². The molecular formula is C18H18O6. The Morgan fingerprint density at radius 1 is 0.750 bits per heavy atom. The van der Waals surface area contributed by atoms with Gasteiger partial charge in [0, 0.05) is 0 Å². The van der Waals surface area contributed by atoms with Gasteiger partial charge in [-0.05, 0) is 37.1 Å². The largest absolute Gasteiger partial charge is 0.478 e. The van der Waals surface area contributed by atoms with E-state index >= 15 is 0 Å². The van der Waals surface area contributed by atoms with E-state index in [1.807, 2.05) is 0 Å². The van der Waals surface area contributed by atoms with Crippen LogP contribution in [0.2, 0.25) is 0 Å². The van der Waals surface area contributed by atoms with Crippen molar-refractivity contribution in [2.75, 3.05) is 0 Å². The minimum absolute atomic E-state index is 0.296. The molecule has 0 aliphatic heterocycles. The Morgan fingerprint density at radius 3 is 1.38 bits per heavy atom. The first-order valence-electron chi connectivity index (χ1n) is 7.30. The molecule has 0 bridgehead atoms. The molecule has 2 aromatic rings. The first-order chi connectivity index (χ1) is 11.4. The molecule has 24 heavy (non-hydrogen) atoms. The smallest absolute Gasteiger partial charge is 0.349 e. The summed E-state index contributed by atoms with van der Waals surface area (Å²) in [4.78, 5) is 23.1. The fraction of sp³-hybridized carbons (Fsp3) is 0.222. The summed E-state index contributed by atoms with van der Waals surface area (Å²) in [7, 11) is 0. The second-order valence-corrected chi connectivity index (χ2v) is 5.28. The minimum atomic E-state index is -1.69. The summed E-state index contributed by atoms with van der Waals surface area (Å²) < 4.78 is 10.9. The number of hydrogen-bond donors (Lipinski definition) is 2. The Bertz CT molecular complexity index is 676. The zero-order chi connectivity index (χ0) is 17.7. The summed E-state index contributed by atoms with van der Waals surface area (Å²) in [6.07, 6.45) is -3.38. The van der Waals surface area contributed by atoms with E-state index in [2.05, 4.69) is 0 Å². The van der Waals surface area contributed by atoms with Crippen molar-refractivity contribution in [3.05, 3.63) is 59.7 Å². The summed E-state index contributed by atoms with van der Waals surface area (Å²) in [6.45, 7) is 3.48. The number of carbonyl (C=O) groups is 2. The molecule has 2 aromatic carbocycles. The van der Waals surface area contributed by atoms with E-state index in [1.165, 1.54) is 0 Å². The molecule has 0 aromatic heterocycles. The maximum Gasteiger partial charge on any atom is 0.349 e. The molecule has 2 atom stereocenters. The van der Waals surface area contributed by atoms with Gasteiger partial charge in [-0.3, -0.25) is 0 Å². The minimum Gasteiger partial charge on any atom is -0.478 e. The summed E-state index contributed by atoms with van der Waals surface area (Å²) in [6, 6.07) is 13.6. The van der Waals surface area contributed by atoms with Crippen LogP contribution in [-0.2, 0) is 9.59 Å². The van der Waals surface area contributed by atoms with Gasteiger partial charge >= 0.3 is 11.9 Å². The average molecular weight is 330 g/mol. The molecule has 0 fully saturated rings. The number of carboxylic acid groups (broad SMARTS) is 2. The van der Waals surface area contributed by atoms with Gasteiger partial charge in [-0.1, -0.05) is 36.4 Å². The number of benzene rings is 2.